The Morgan fingerprint density at radius 1 is 1.15 bits per heavy atom. The molecule has 1 amide bonds. The molecule has 0 atom stereocenters. The molecular formula is C14H9BrF3NO. The second kappa shape index (κ2) is 5.66. The molecule has 0 aliphatic heterocycles. The van der Waals surface area contributed by atoms with Gasteiger partial charge in [-0.05, 0) is 30.7 Å². The lowest BCUT2D eigenvalue weighted by molar-refractivity contribution is 0.102. The van der Waals surface area contributed by atoms with Gasteiger partial charge in [0.05, 0.1) is 5.69 Å². The Morgan fingerprint density at radius 2 is 1.85 bits per heavy atom. The summed E-state index contributed by atoms with van der Waals surface area (Å²) in [6.07, 6.45) is 0. The van der Waals surface area contributed by atoms with Gasteiger partial charge < -0.3 is 5.32 Å². The number of halogens is 4. The fourth-order valence-electron chi connectivity index (χ4n) is 1.63. The number of carbonyl (C=O) groups excluding carboxylic acids is 1. The van der Waals surface area contributed by atoms with Crippen molar-refractivity contribution in [2.24, 2.45) is 0 Å². The second-order valence-electron chi connectivity index (χ2n) is 4.17. The van der Waals surface area contributed by atoms with E-state index in [1.54, 1.807) is 19.1 Å². The van der Waals surface area contributed by atoms with Gasteiger partial charge in [-0.3, -0.25) is 4.79 Å². The lowest BCUT2D eigenvalue weighted by atomic mass is 10.1. The van der Waals surface area contributed by atoms with Gasteiger partial charge in [0.15, 0.2) is 11.6 Å². The van der Waals surface area contributed by atoms with E-state index in [1.165, 1.54) is 6.07 Å². The number of rotatable bonds is 2. The molecule has 0 heterocycles. The first-order valence-electron chi connectivity index (χ1n) is 5.60. The summed E-state index contributed by atoms with van der Waals surface area (Å²) >= 11 is 3.29. The fraction of sp³-hybridized carbons (Fsp3) is 0.0714. The van der Waals surface area contributed by atoms with E-state index in [0.29, 0.717) is 6.07 Å². The van der Waals surface area contributed by atoms with E-state index < -0.39 is 29.0 Å². The molecule has 2 rings (SSSR count). The predicted molar refractivity (Wildman–Crippen MR) is 73.1 cm³/mol. The Morgan fingerprint density at radius 3 is 2.50 bits per heavy atom. The van der Waals surface area contributed by atoms with Crippen LogP contribution in [0.25, 0.3) is 0 Å². The Balaban J connectivity index is 2.30. The largest absolute Gasteiger partial charge is 0.319 e. The zero-order valence-corrected chi connectivity index (χ0v) is 11.9. The van der Waals surface area contributed by atoms with Crippen LogP contribution in [-0.4, -0.2) is 5.91 Å². The molecule has 0 aromatic heterocycles. The lowest BCUT2D eigenvalue weighted by Gasteiger charge is -2.08. The minimum Gasteiger partial charge on any atom is -0.319 e. The monoisotopic (exact) mass is 343 g/mol. The van der Waals surface area contributed by atoms with Crippen molar-refractivity contribution in [1.82, 2.24) is 0 Å². The summed E-state index contributed by atoms with van der Waals surface area (Å²) in [6, 6.07) is 5.89. The first-order valence-corrected chi connectivity index (χ1v) is 6.40. The zero-order chi connectivity index (χ0) is 14.9. The van der Waals surface area contributed by atoms with Crippen LogP contribution in [0.2, 0.25) is 0 Å². The molecule has 2 aromatic carbocycles. The summed E-state index contributed by atoms with van der Waals surface area (Å²) < 4.78 is 40.3. The fourth-order valence-corrected chi connectivity index (χ4v) is 1.87. The molecule has 1 N–H and O–H groups in total. The number of amides is 1. The maximum absolute atomic E-state index is 13.4. The van der Waals surface area contributed by atoms with Crippen molar-refractivity contribution in [1.29, 1.82) is 0 Å². The van der Waals surface area contributed by atoms with Gasteiger partial charge in [0, 0.05) is 22.2 Å². The quantitative estimate of drug-likeness (QED) is 0.803. The number of hydrogen-bond acceptors (Lipinski definition) is 1. The number of benzene rings is 2. The van der Waals surface area contributed by atoms with E-state index in [1.807, 2.05) is 0 Å². The average Bonchev–Trinajstić information content (AvgIpc) is 2.38. The minimum atomic E-state index is -1.35. The first-order chi connectivity index (χ1) is 9.38. The van der Waals surface area contributed by atoms with Gasteiger partial charge in [0.1, 0.15) is 5.82 Å². The number of nitrogens with one attached hydrogen (secondary N) is 1. The van der Waals surface area contributed by atoms with Crippen LogP contribution < -0.4 is 5.32 Å². The van der Waals surface area contributed by atoms with Crippen molar-refractivity contribution in [2.75, 3.05) is 5.32 Å². The van der Waals surface area contributed by atoms with Crippen LogP contribution in [0.5, 0.6) is 0 Å². The van der Waals surface area contributed by atoms with Crippen LogP contribution in [-0.2, 0) is 0 Å². The molecule has 0 unspecified atom stereocenters. The average molecular weight is 344 g/mol. The summed E-state index contributed by atoms with van der Waals surface area (Å²) in [5.41, 5.74) is 0.534. The van der Waals surface area contributed by atoms with Crippen molar-refractivity contribution in [3.05, 3.63) is 63.4 Å². The smallest absolute Gasteiger partial charge is 0.255 e. The Kier molecular flexibility index (Phi) is 4.13. The summed E-state index contributed by atoms with van der Waals surface area (Å²) in [5, 5.41) is 2.15. The molecular weight excluding hydrogens is 335 g/mol. The van der Waals surface area contributed by atoms with Gasteiger partial charge in [-0.15, -0.1) is 0 Å². The predicted octanol–water partition coefficient (Wildman–Crippen LogP) is 4.43. The molecule has 0 spiro atoms. The van der Waals surface area contributed by atoms with Gasteiger partial charge >= 0.3 is 0 Å². The van der Waals surface area contributed by atoms with Crippen LogP contribution in [0.1, 0.15) is 15.9 Å². The molecule has 0 fully saturated rings. The van der Waals surface area contributed by atoms with E-state index in [4.69, 9.17) is 0 Å². The summed E-state index contributed by atoms with van der Waals surface area (Å²) in [4.78, 5) is 11.9. The summed E-state index contributed by atoms with van der Waals surface area (Å²) in [6.45, 7) is 1.78. The van der Waals surface area contributed by atoms with E-state index >= 15 is 0 Å². The van der Waals surface area contributed by atoms with Crippen molar-refractivity contribution in [3.8, 4) is 0 Å². The van der Waals surface area contributed by atoms with Gasteiger partial charge in [0.25, 0.3) is 5.91 Å². The number of anilines is 1. The van der Waals surface area contributed by atoms with Gasteiger partial charge in [0.2, 0.25) is 0 Å². The highest BCUT2D eigenvalue weighted by molar-refractivity contribution is 9.10. The standard InChI is InChI=1S/C14H9BrF3NO/c1-7-4-8(2-3-10(7)15)14(20)19-12-6-9(16)5-11(17)13(12)18/h2-6H,1H3,(H,19,20). The Labute approximate surface area is 121 Å². The highest BCUT2D eigenvalue weighted by atomic mass is 79.9. The zero-order valence-electron chi connectivity index (χ0n) is 10.3. The third kappa shape index (κ3) is 3.01. The Bertz CT molecular complexity index is 688. The number of carbonyl (C=O) groups is 1. The normalized spacial score (nSPS) is 10.4. The molecule has 0 aliphatic rings. The third-order valence-electron chi connectivity index (χ3n) is 2.66. The number of aryl methyl sites for hydroxylation is 1. The SMILES string of the molecule is Cc1cc(C(=O)Nc2cc(F)cc(F)c2F)ccc1Br. The lowest BCUT2D eigenvalue weighted by Crippen LogP contribution is -2.14. The van der Waals surface area contributed by atoms with E-state index in [0.717, 1.165) is 16.1 Å². The van der Waals surface area contributed by atoms with Gasteiger partial charge in [-0.25, -0.2) is 13.2 Å². The summed E-state index contributed by atoms with van der Waals surface area (Å²) in [7, 11) is 0. The molecule has 0 radical (unpaired) electrons. The molecule has 0 saturated heterocycles. The highest BCUT2D eigenvalue weighted by Crippen LogP contribution is 2.21. The van der Waals surface area contributed by atoms with Crippen LogP contribution in [0, 0.1) is 24.4 Å². The molecule has 104 valence electrons. The van der Waals surface area contributed by atoms with Crippen LogP contribution in [0.3, 0.4) is 0 Å². The first kappa shape index (κ1) is 14.6. The van der Waals surface area contributed by atoms with Crippen molar-refractivity contribution < 1.29 is 18.0 Å². The molecule has 20 heavy (non-hydrogen) atoms. The summed E-state index contributed by atoms with van der Waals surface area (Å²) in [5.74, 6) is -4.27. The van der Waals surface area contributed by atoms with E-state index in [-0.39, 0.29) is 5.56 Å². The molecule has 0 saturated carbocycles. The van der Waals surface area contributed by atoms with Crippen molar-refractivity contribution in [3.63, 3.8) is 0 Å². The maximum Gasteiger partial charge on any atom is 0.255 e. The van der Waals surface area contributed by atoms with E-state index in [2.05, 4.69) is 21.2 Å². The molecule has 2 aromatic rings. The van der Waals surface area contributed by atoms with Crippen LogP contribution in [0.4, 0.5) is 18.9 Å². The van der Waals surface area contributed by atoms with Crippen LogP contribution >= 0.6 is 15.9 Å². The van der Waals surface area contributed by atoms with Gasteiger partial charge in [-0.2, -0.15) is 0 Å². The molecule has 0 bridgehead atoms. The van der Waals surface area contributed by atoms with Crippen molar-refractivity contribution >= 4 is 27.5 Å². The minimum absolute atomic E-state index is 0.259. The van der Waals surface area contributed by atoms with Crippen LogP contribution in [0.15, 0.2) is 34.8 Å². The molecule has 6 heteroatoms. The van der Waals surface area contributed by atoms with E-state index in [9.17, 15) is 18.0 Å². The molecule has 0 aliphatic carbocycles. The maximum atomic E-state index is 13.4. The number of hydrogen-bond donors (Lipinski definition) is 1. The molecule has 2 nitrogen and oxygen atoms in total. The topological polar surface area (TPSA) is 29.1 Å². The highest BCUT2D eigenvalue weighted by Gasteiger charge is 2.15. The van der Waals surface area contributed by atoms with Crippen molar-refractivity contribution in [2.45, 2.75) is 6.92 Å². The third-order valence-corrected chi connectivity index (χ3v) is 3.55. The second-order valence-corrected chi connectivity index (χ2v) is 5.02. The van der Waals surface area contributed by atoms with Gasteiger partial charge in [-0.1, -0.05) is 15.9 Å². The Hall–Kier alpha value is -1.82.